The molecule has 2 N–H and O–H groups in total. The van der Waals surface area contributed by atoms with Crippen molar-refractivity contribution < 1.29 is 4.74 Å². The number of benzene rings is 1. The second-order valence-electron chi connectivity index (χ2n) is 4.60. The average Bonchev–Trinajstić information content (AvgIpc) is 2.50. The van der Waals surface area contributed by atoms with Crippen molar-refractivity contribution in [3.05, 3.63) is 34.9 Å². The molecule has 1 aliphatic heterocycles. The molecule has 0 aliphatic carbocycles. The minimum Gasteiger partial charge on any atom is -0.379 e. The Balaban J connectivity index is 1.64. The van der Waals surface area contributed by atoms with Crippen LogP contribution in [0, 0.1) is 0 Å². The number of ether oxygens (including phenoxy) is 1. The number of hydrogen-bond donors (Lipinski definition) is 2. The van der Waals surface area contributed by atoms with Crippen molar-refractivity contribution in [3.8, 4) is 0 Å². The Morgan fingerprint density at radius 1 is 1.38 bits per heavy atom. The summed E-state index contributed by atoms with van der Waals surface area (Å²) in [7, 11) is 0. The predicted octanol–water partition coefficient (Wildman–Crippen LogP) is 1.47. The summed E-state index contributed by atoms with van der Waals surface area (Å²) >= 11 is 11.2. The lowest BCUT2D eigenvalue weighted by atomic mass is 10.2. The average molecular weight is 327 g/mol. The molecular formula is C14H19ClN4OS. The monoisotopic (exact) mass is 326 g/mol. The Morgan fingerprint density at radius 3 is 2.90 bits per heavy atom. The molecule has 114 valence electrons. The van der Waals surface area contributed by atoms with Crippen LogP contribution < -0.4 is 10.7 Å². The van der Waals surface area contributed by atoms with Crippen LogP contribution in [0.25, 0.3) is 0 Å². The third-order valence-corrected chi connectivity index (χ3v) is 3.67. The standard InChI is InChI=1S/C14H19ClN4OS/c15-13-4-2-1-3-12(13)11-17-18-14(21)16-5-6-19-7-9-20-10-8-19/h1-4,11H,5-10H2,(H2,16,18,21)/b17-11-. The van der Waals surface area contributed by atoms with E-state index in [-0.39, 0.29) is 0 Å². The van der Waals surface area contributed by atoms with E-state index in [1.165, 1.54) is 0 Å². The number of hydrogen-bond acceptors (Lipinski definition) is 4. The molecule has 0 amide bonds. The summed E-state index contributed by atoms with van der Waals surface area (Å²) in [5.41, 5.74) is 3.63. The number of nitrogens with zero attached hydrogens (tertiary/aromatic N) is 2. The van der Waals surface area contributed by atoms with E-state index in [4.69, 9.17) is 28.6 Å². The molecule has 1 aliphatic rings. The van der Waals surface area contributed by atoms with Gasteiger partial charge in [0, 0.05) is 36.8 Å². The van der Waals surface area contributed by atoms with E-state index in [2.05, 4.69) is 20.7 Å². The van der Waals surface area contributed by atoms with Crippen molar-refractivity contribution in [1.82, 2.24) is 15.6 Å². The minimum atomic E-state index is 0.506. The lowest BCUT2D eigenvalue weighted by molar-refractivity contribution is 0.0389. The van der Waals surface area contributed by atoms with E-state index in [9.17, 15) is 0 Å². The summed E-state index contributed by atoms with van der Waals surface area (Å²) in [5, 5.41) is 8.36. The van der Waals surface area contributed by atoms with Crippen molar-refractivity contribution in [3.63, 3.8) is 0 Å². The number of nitrogens with one attached hydrogen (secondary N) is 2. The molecule has 1 heterocycles. The molecule has 0 radical (unpaired) electrons. The first-order valence-corrected chi connectivity index (χ1v) is 7.66. The van der Waals surface area contributed by atoms with Crippen LogP contribution in [0.5, 0.6) is 0 Å². The number of thiocarbonyl (C=S) groups is 1. The fourth-order valence-corrected chi connectivity index (χ4v) is 2.27. The first-order valence-electron chi connectivity index (χ1n) is 6.87. The molecule has 0 bridgehead atoms. The van der Waals surface area contributed by atoms with Crippen molar-refractivity contribution >= 4 is 35.1 Å². The van der Waals surface area contributed by atoms with Gasteiger partial charge in [0.25, 0.3) is 0 Å². The van der Waals surface area contributed by atoms with Gasteiger partial charge in [-0.3, -0.25) is 10.3 Å². The SMILES string of the molecule is S=C(NCCN1CCOCC1)N/N=C\c1ccccc1Cl. The van der Waals surface area contributed by atoms with E-state index in [1.807, 2.05) is 24.3 Å². The molecule has 21 heavy (non-hydrogen) atoms. The van der Waals surface area contributed by atoms with Gasteiger partial charge in [-0.25, -0.2) is 0 Å². The van der Waals surface area contributed by atoms with E-state index in [0.29, 0.717) is 10.1 Å². The van der Waals surface area contributed by atoms with Gasteiger partial charge in [0.05, 0.1) is 19.4 Å². The molecule has 0 spiro atoms. The van der Waals surface area contributed by atoms with Gasteiger partial charge in [0.15, 0.2) is 5.11 Å². The van der Waals surface area contributed by atoms with Crippen LogP contribution in [-0.4, -0.2) is 55.6 Å². The van der Waals surface area contributed by atoms with Gasteiger partial charge < -0.3 is 10.1 Å². The van der Waals surface area contributed by atoms with Gasteiger partial charge >= 0.3 is 0 Å². The summed E-state index contributed by atoms with van der Waals surface area (Å²) < 4.78 is 5.30. The molecule has 0 saturated carbocycles. The van der Waals surface area contributed by atoms with Crippen LogP contribution in [0.1, 0.15) is 5.56 Å². The normalized spacial score (nSPS) is 16.0. The maximum Gasteiger partial charge on any atom is 0.187 e. The molecule has 2 rings (SSSR count). The first-order chi connectivity index (χ1) is 10.3. The summed E-state index contributed by atoms with van der Waals surface area (Å²) in [6, 6.07) is 7.50. The molecule has 0 aromatic heterocycles. The summed E-state index contributed by atoms with van der Waals surface area (Å²) in [6.45, 7) is 5.31. The quantitative estimate of drug-likeness (QED) is 0.487. The zero-order valence-electron chi connectivity index (χ0n) is 11.7. The van der Waals surface area contributed by atoms with Gasteiger partial charge in [-0.15, -0.1) is 0 Å². The molecule has 1 aromatic carbocycles. The molecular weight excluding hydrogens is 308 g/mol. The maximum absolute atomic E-state index is 6.03. The maximum atomic E-state index is 6.03. The second kappa shape index (κ2) is 8.94. The highest BCUT2D eigenvalue weighted by Crippen LogP contribution is 2.11. The lowest BCUT2D eigenvalue weighted by Crippen LogP contribution is -2.42. The Kier molecular flexibility index (Phi) is 6.88. The number of hydrazone groups is 1. The fraction of sp³-hybridized carbons (Fsp3) is 0.429. The molecule has 1 saturated heterocycles. The molecule has 1 fully saturated rings. The molecule has 0 atom stereocenters. The van der Waals surface area contributed by atoms with Gasteiger partial charge in [0.1, 0.15) is 0 Å². The van der Waals surface area contributed by atoms with Crippen molar-refractivity contribution in [2.45, 2.75) is 0 Å². The summed E-state index contributed by atoms with van der Waals surface area (Å²) in [4.78, 5) is 2.34. The Bertz CT molecular complexity index is 492. The van der Waals surface area contributed by atoms with Crippen molar-refractivity contribution in [1.29, 1.82) is 0 Å². The second-order valence-corrected chi connectivity index (χ2v) is 5.42. The lowest BCUT2D eigenvalue weighted by Gasteiger charge is -2.26. The predicted molar refractivity (Wildman–Crippen MR) is 90.0 cm³/mol. The number of morpholine rings is 1. The van der Waals surface area contributed by atoms with Crippen molar-refractivity contribution in [2.24, 2.45) is 5.10 Å². The molecule has 0 unspecified atom stereocenters. The zero-order valence-corrected chi connectivity index (χ0v) is 13.3. The van der Waals surface area contributed by atoms with Crippen molar-refractivity contribution in [2.75, 3.05) is 39.4 Å². The summed E-state index contributed by atoms with van der Waals surface area (Å²) in [6.07, 6.45) is 1.65. The van der Waals surface area contributed by atoms with E-state index in [0.717, 1.165) is 45.0 Å². The van der Waals surface area contributed by atoms with Gasteiger partial charge in [0.2, 0.25) is 0 Å². The molecule has 1 aromatic rings. The van der Waals surface area contributed by atoms with Crippen LogP contribution in [0.2, 0.25) is 5.02 Å². The minimum absolute atomic E-state index is 0.506. The van der Waals surface area contributed by atoms with E-state index in [1.54, 1.807) is 6.21 Å². The third kappa shape index (κ3) is 5.97. The third-order valence-electron chi connectivity index (χ3n) is 3.09. The van der Waals surface area contributed by atoms with Crippen LogP contribution in [-0.2, 0) is 4.74 Å². The molecule has 7 heteroatoms. The van der Waals surface area contributed by atoms with Crippen LogP contribution in [0.4, 0.5) is 0 Å². The van der Waals surface area contributed by atoms with Gasteiger partial charge in [-0.05, 0) is 18.3 Å². The highest BCUT2D eigenvalue weighted by molar-refractivity contribution is 7.80. The molecule has 5 nitrogen and oxygen atoms in total. The zero-order chi connectivity index (χ0) is 14.9. The number of rotatable bonds is 5. The highest BCUT2D eigenvalue weighted by Gasteiger charge is 2.09. The largest absolute Gasteiger partial charge is 0.379 e. The van der Waals surface area contributed by atoms with Gasteiger partial charge in [-0.1, -0.05) is 29.8 Å². The fourth-order valence-electron chi connectivity index (χ4n) is 1.93. The highest BCUT2D eigenvalue weighted by atomic mass is 35.5. The Morgan fingerprint density at radius 2 is 2.14 bits per heavy atom. The Hall–Kier alpha value is -1.21. The Labute approximate surface area is 135 Å². The number of halogens is 1. The van der Waals surface area contributed by atoms with Gasteiger partial charge in [-0.2, -0.15) is 5.10 Å². The van der Waals surface area contributed by atoms with E-state index < -0.39 is 0 Å². The van der Waals surface area contributed by atoms with Crippen LogP contribution in [0.15, 0.2) is 29.4 Å². The first kappa shape index (κ1) is 16.2. The van der Waals surface area contributed by atoms with Crippen LogP contribution in [0.3, 0.4) is 0 Å². The van der Waals surface area contributed by atoms with E-state index >= 15 is 0 Å². The topological polar surface area (TPSA) is 48.9 Å². The smallest absolute Gasteiger partial charge is 0.187 e. The van der Waals surface area contributed by atoms with Crippen LogP contribution >= 0.6 is 23.8 Å². The summed E-state index contributed by atoms with van der Waals surface area (Å²) in [5.74, 6) is 0.